The minimum atomic E-state index is 0.135. The average molecular weight is 334 g/mol. The summed E-state index contributed by atoms with van der Waals surface area (Å²) in [5.41, 5.74) is 1.55. The van der Waals surface area contributed by atoms with E-state index in [2.05, 4.69) is 51.6 Å². The van der Waals surface area contributed by atoms with Gasteiger partial charge in [0.1, 0.15) is 5.76 Å². The molecule has 1 aliphatic carbocycles. The van der Waals surface area contributed by atoms with Crippen molar-refractivity contribution in [3.63, 3.8) is 0 Å². The van der Waals surface area contributed by atoms with Crippen molar-refractivity contribution in [1.82, 2.24) is 5.32 Å². The number of likely N-dealkylation sites (N-methyl/N-ethyl adjacent to an activating group) is 1. The molecular formula is C17H20BrNO. The summed E-state index contributed by atoms with van der Waals surface area (Å²) in [4.78, 5) is 0. The SMILES string of the molecule is CNC(c1occc1Br)C1(c2ccccc2)CCCC1. The van der Waals surface area contributed by atoms with E-state index in [-0.39, 0.29) is 11.5 Å². The lowest BCUT2D eigenvalue weighted by atomic mass is 9.72. The lowest BCUT2D eigenvalue weighted by Gasteiger charge is -2.37. The second-order valence-electron chi connectivity index (χ2n) is 5.58. The van der Waals surface area contributed by atoms with Crippen LogP contribution in [-0.2, 0) is 5.41 Å². The predicted molar refractivity (Wildman–Crippen MR) is 84.8 cm³/mol. The van der Waals surface area contributed by atoms with Gasteiger partial charge in [-0.3, -0.25) is 0 Å². The highest BCUT2D eigenvalue weighted by Crippen LogP contribution is 2.50. The maximum atomic E-state index is 5.77. The van der Waals surface area contributed by atoms with Crippen LogP contribution in [0, 0.1) is 0 Å². The first-order chi connectivity index (χ1) is 9.78. The highest BCUT2D eigenvalue weighted by atomic mass is 79.9. The van der Waals surface area contributed by atoms with Gasteiger partial charge >= 0.3 is 0 Å². The smallest absolute Gasteiger partial charge is 0.135 e. The number of halogens is 1. The van der Waals surface area contributed by atoms with Crippen molar-refractivity contribution in [3.05, 3.63) is 58.5 Å². The average Bonchev–Trinajstić information content (AvgIpc) is 3.12. The molecule has 0 spiro atoms. The van der Waals surface area contributed by atoms with Crippen LogP contribution in [0.25, 0.3) is 0 Å². The van der Waals surface area contributed by atoms with Crippen LogP contribution in [0.4, 0.5) is 0 Å². The Kier molecular flexibility index (Phi) is 3.99. The molecule has 1 N–H and O–H groups in total. The molecule has 0 saturated heterocycles. The van der Waals surface area contributed by atoms with Crippen LogP contribution in [0.15, 0.2) is 51.6 Å². The molecule has 3 rings (SSSR count). The number of rotatable bonds is 4. The second kappa shape index (κ2) is 5.74. The fourth-order valence-electron chi connectivity index (χ4n) is 3.69. The molecule has 1 aromatic carbocycles. The van der Waals surface area contributed by atoms with Crippen molar-refractivity contribution in [1.29, 1.82) is 0 Å². The topological polar surface area (TPSA) is 25.2 Å². The van der Waals surface area contributed by atoms with E-state index in [1.807, 2.05) is 13.1 Å². The second-order valence-corrected chi connectivity index (χ2v) is 6.44. The lowest BCUT2D eigenvalue weighted by Crippen LogP contribution is -2.38. The van der Waals surface area contributed by atoms with Crippen LogP contribution in [0.5, 0.6) is 0 Å². The molecule has 0 amide bonds. The van der Waals surface area contributed by atoms with Crippen molar-refractivity contribution in [2.45, 2.75) is 37.1 Å². The molecule has 106 valence electrons. The van der Waals surface area contributed by atoms with Gasteiger partial charge < -0.3 is 9.73 Å². The van der Waals surface area contributed by atoms with Crippen molar-refractivity contribution in [3.8, 4) is 0 Å². The third-order valence-electron chi connectivity index (χ3n) is 4.59. The summed E-state index contributed by atoms with van der Waals surface area (Å²) >= 11 is 3.62. The van der Waals surface area contributed by atoms with Crippen LogP contribution >= 0.6 is 15.9 Å². The molecular weight excluding hydrogens is 314 g/mol. The van der Waals surface area contributed by atoms with Crippen LogP contribution in [-0.4, -0.2) is 7.05 Å². The van der Waals surface area contributed by atoms with Gasteiger partial charge in [-0.2, -0.15) is 0 Å². The summed E-state index contributed by atoms with van der Waals surface area (Å²) in [7, 11) is 2.03. The number of benzene rings is 1. The lowest BCUT2D eigenvalue weighted by molar-refractivity contribution is 0.273. The van der Waals surface area contributed by atoms with Gasteiger partial charge in [-0.1, -0.05) is 43.2 Å². The fourth-order valence-corrected chi connectivity index (χ4v) is 4.12. The zero-order valence-electron chi connectivity index (χ0n) is 11.7. The Hall–Kier alpha value is -1.06. The van der Waals surface area contributed by atoms with Crippen LogP contribution in [0.2, 0.25) is 0 Å². The van der Waals surface area contributed by atoms with Gasteiger partial charge in [0.15, 0.2) is 0 Å². The molecule has 0 aliphatic heterocycles. The van der Waals surface area contributed by atoms with E-state index in [4.69, 9.17) is 4.42 Å². The summed E-state index contributed by atoms with van der Waals surface area (Å²) in [6, 6.07) is 13.1. The van der Waals surface area contributed by atoms with E-state index in [0.717, 1.165) is 10.2 Å². The standard InChI is InChI=1S/C17H20BrNO/c1-19-16(15-14(18)9-12-20-15)17(10-5-6-11-17)13-7-3-2-4-8-13/h2-4,7-9,12,16,19H,5-6,10-11H2,1H3. The molecule has 1 saturated carbocycles. The maximum absolute atomic E-state index is 5.77. The largest absolute Gasteiger partial charge is 0.466 e. The van der Waals surface area contributed by atoms with Gasteiger partial charge in [0.05, 0.1) is 16.8 Å². The Morgan fingerprint density at radius 3 is 2.40 bits per heavy atom. The Balaban J connectivity index is 2.08. The van der Waals surface area contributed by atoms with Crippen molar-refractivity contribution < 1.29 is 4.42 Å². The highest BCUT2D eigenvalue weighted by molar-refractivity contribution is 9.10. The van der Waals surface area contributed by atoms with Crippen molar-refractivity contribution in [2.75, 3.05) is 7.05 Å². The Bertz CT molecular complexity index is 557. The van der Waals surface area contributed by atoms with Crippen LogP contribution in [0.1, 0.15) is 43.0 Å². The maximum Gasteiger partial charge on any atom is 0.135 e. The van der Waals surface area contributed by atoms with E-state index in [0.29, 0.717) is 0 Å². The Morgan fingerprint density at radius 1 is 1.15 bits per heavy atom. The Labute approximate surface area is 128 Å². The molecule has 1 atom stereocenters. The van der Waals surface area contributed by atoms with E-state index in [9.17, 15) is 0 Å². The third kappa shape index (κ3) is 2.23. The number of furan rings is 1. The van der Waals surface area contributed by atoms with E-state index in [1.165, 1.54) is 31.2 Å². The molecule has 1 aromatic heterocycles. The number of hydrogen-bond donors (Lipinski definition) is 1. The summed E-state index contributed by atoms with van der Waals surface area (Å²) in [6.07, 6.45) is 6.74. The van der Waals surface area contributed by atoms with Gasteiger partial charge in [-0.25, -0.2) is 0 Å². The zero-order valence-corrected chi connectivity index (χ0v) is 13.3. The fraction of sp³-hybridized carbons (Fsp3) is 0.412. The predicted octanol–water partition coefficient (Wildman–Crippen LogP) is 4.81. The molecule has 0 radical (unpaired) electrons. The van der Waals surface area contributed by atoms with Crippen molar-refractivity contribution >= 4 is 15.9 Å². The first-order valence-electron chi connectivity index (χ1n) is 7.23. The van der Waals surface area contributed by atoms with Gasteiger partial charge in [-0.05, 0) is 47.4 Å². The summed E-state index contributed by atoms with van der Waals surface area (Å²) in [5, 5.41) is 3.50. The molecule has 3 heteroatoms. The molecule has 1 aliphatic rings. The molecule has 1 fully saturated rings. The number of nitrogens with one attached hydrogen (secondary N) is 1. The normalized spacial score (nSPS) is 19.1. The Morgan fingerprint density at radius 2 is 1.85 bits per heavy atom. The van der Waals surface area contributed by atoms with Gasteiger partial charge in [-0.15, -0.1) is 0 Å². The van der Waals surface area contributed by atoms with Crippen LogP contribution in [0.3, 0.4) is 0 Å². The monoisotopic (exact) mass is 333 g/mol. The molecule has 1 heterocycles. The zero-order chi connectivity index (χ0) is 14.0. The minimum Gasteiger partial charge on any atom is -0.466 e. The van der Waals surface area contributed by atoms with Gasteiger partial charge in [0.25, 0.3) is 0 Å². The van der Waals surface area contributed by atoms with E-state index < -0.39 is 0 Å². The summed E-state index contributed by atoms with van der Waals surface area (Å²) in [6.45, 7) is 0. The van der Waals surface area contributed by atoms with Gasteiger partial charge in [0, 0.05) is 5.41 Å². The highest BCUT2D eigenvalue weighted by Gasteiger charge is 2.44. The molecule has 20 heavy (non-hydrogen) atoms. The minimum absolute atomic E-state index is 0.135. The molecule has 2 aromatic rings. The summed E-state index contributed by atoms with van der Waals surface area (Å²) < 4.78 is 6.82. The first kappa shape index (κ1) is 13.9. The first-order valence-corrected chi connectivity index (χ1v) is 8.03. The van der Waals surface area contributed by atoms with Crippen molar-refractivity contribution in [2.24, 2.45) is 0 Å². The molecule has 0 bridgehead atoms. The molecule has 2 nitrogen and oxygen atoms in total. The quantitative estimate of drug-likeness (QED) is 0.868. The summed E-state index contributed by atoms with van der Waals surface area (Å²) in [5.74, 6) is 1.01. The van der Waals surface area contributed by atoms with Crippen LogP contribution < -0.4 is 5.32 Å². The number of hydrogen-bond acceptors (Lipinski definition) is 2. The molecule has 1 unspecified atom stereocenters. The van der Waals surface area contributed by atoms with Gasteiger partial charge in [0.2, 0.25) is 0 Å². The van der Waals surface area contributed by atoms with E-state index in [1.54, 1.807) is 6.26 Å². The van der Waals surface area contributed by atoms with E-state index >= 15 is 0 Å². The third-order valence-corrected chi connectivity index (χ3v) is 5.25.